The molecule has 1 aromatic heterocycles. The van der Waals surface area contributed by atoms with Gasteiger partial charge in [-0.25, -0.2) is 4.98 Å². The first-order valence-electron chi connectivity index (χ1n) is 7.29. The van der Waals surface area contributed by atoms with Crippen LogP contribution in [-0.2, 0) is 5.54 Å². The maximum Gasteiger partial charge on any atom is 0.132 e. The number of methoxy groups -OCH3 is 1. The smallest absolute Gasteiger partial charge is 0.132 e. The van der Waals surface area contributed by atoms with Gasteiger partial charge in [0.2, 0.25) is 0 Å². The van der Waals surface area contributed by atoms with Crippen LogP contribution in [0.1, 0.15) is 46.4 Å². The Hall–Kier alpha value is -1.97. The van der Waals surface area contributed by atoms with Crippen molar-refractivity contribution in [3.63, 3.8) is 0 Å². The molecule has 0 spiro atoms. The minimum Gasteiger partial charge on any atom is -0.496 e. The standard InChI is InChI=1S/C17H25N3O/c1-11(2)16-19-14(15(18)20(16)17(3,4)5)12-9-7-8-10-13(12)21-6/h7-11H,18H2,1-6H3. The van der Waals surface area contributed by atoms with Gasteiger partial charge in [0.1, 0.15) is 23.1 Å². The average molecular weight is 287 g/mol. The molecule has 0 atom stereocenters. The maximum absolute atomic E-state index is 6.43. The second kappa shape index (κ2) is 5.43. The lowest BCUT2D eigenvalue weighted by atomic mass is 10.1. The summed E-state index contributed by atoms with van der Waals surface area (Å²) in [6, 6.07) is 7.85. The van der Waals surface area contributed by atoms with Crippen LogP contribution in [0.2, 0.25) is 0 Å². The lowest BCUT2D eigenvalue weighted by Gasteiger charge is -2.26. The van der Waals surface area contributed by atoms with E-state index < -0.39 is 0 Å². The summed E-state index contributed by atoms with van der Waals surface area (Å²) in [5.74, 6) is 2.78. The summed E-state index contributed by atoms with van der Waals surface area (Å²) in [7, 11) is 1.67. The molecule has 2 aromatic rings. The van der Waals surface area contributed by atoms with Crippen molar-refractivity contribution >= 4 is 5.82 Å². The second-order valence-electron chi connectivity index (χ2n) is 6.57. The van der Waals surface area contributed by atoms with E-state index in [9.17, 15) is 0 Å². The molecule has 4 nitrogen and oxygen atoms in total. The molecule has 0 saturated heterocycles. The Morgan fingerprint density at radius 2 is 1.81 bits per heavy atom. The topological polar surface area (TPSA) is 53.1 Å². The molecule has 0 unspecified atom stereocenters. The molecule has 0 amide bonds. The first-order valence-corrected chi connectivity index (χ1v) is 7.29. The summed E-state index contributed by atoms with van der Waals surface area (Å²) in [4.78, 5) is 4.81. The zero-order valence-corrected chi connectivity index (χ0v) is 13.8. The van der Waals surface area contributed by atoms with E-state index in [4.69, 9.17) is 15.5 Å². The Labute approximate surface area is 127 Å². The minimum absolute atomic E-state index is 0.114. The lowest BCUT2D eigenvalue weighted by molar-refractivity contribution is 0.382. The molecule has 1 heterocycles. The van der Waals surface area contributed by atoms with Crippen LogP contribution in [0.4, 0.5) is 5.82 Å². The molecule has 0 aliphatic heterocycles. The maximum atomic E-state index is 6.43. The Balaban J connectivity index is 2.72. The number of nitrogens with two attached hydrogens (primary N) is 1. The van der Waals surface area contributed by atoms with Crippen LogP contribution in [0.25, 0.3) is 11.3 Å². The van der Waals surface area contributed by atoms with Crippen molar-refractivity contribution in [2.24, 2.45) is 0 Å². The first-order chi connectivity index (χ1) is 9.77. The van der Waals surface area contributed by atoms with Crippen LogP contribution >= 0.6 is 0 Å². The van der Waals surface area contributed by atoms with Gasteiger partial charge in [0.15, 0.2) is 0 Å². The number of aromatic nitrogens is 2. The van der Waals surface area contributed by atoms with Crippen molar-refractivity contribution in [1.29, 1.82) is 0 Å². The summed E-state index contributed by atoms with van der Waals surface area (Å²) in [6.07, 6.45) is 0. The van der Waals surface area contributed by atoms with Crippen LogP contribution in [-0.4, -0.2) is 16.7 Å². The number of nitrogens with zero attached hydrogens (tertiary/aromatic N) is 2. The normalized spacial score (nSPS) is 12.0. The number of anilines is 1. The van der Waals surface area contributed by atoms with Gasteiger partial charge in [0.05, 0.1) is 7.11 Å². The van der Waals surface area contributed by atoms with Crippen molar-refractivity contribution in [2.75, 3.05) is 12.8 Å². The van der Waals surface area contributed by atoms with Gasteiger partial charge in [-0.3, -0.25) is 0 Å². The molecule has 114 valence electrons. The summed E-state index contributed by atoms with van der Waals surface area (Å²) in [6.45, 7) is 10.7. The van der Waals surface area contributed by atoms with Crippen LogP contribution in [0.5, 0.6) is 5.75 Å². The molecule has 0 radical (unpaired) electrons. The van der Waals surface area contributed by atoms with Crippen molar-refractivity contribution in [3.05, 3.63) is 30.1 Å². The quantitative estimate of drug-likeness (QED) is 0.927. The third-order valence-corrected chi connectivity index (χ3v) is 3.49. The van der Waals surface area contributed by atoms with Crippen LogP contribution in [0, 0.1) is 0 Å². The van der Waals surface area contributed by atoms with Crippen LogP contribution in [0.15, 0.2) is 24.3 Å². The number of rotatable bonds is 3. The molecule has 21 heavy (non-hydrogen) atoms. The van der Waals surface area contributed by atoms with Gasteiger partial charge in [-0.2, -0.15) is 0 Å². The van der Waals surface area contributed by atoms with Gasteiger partial charge in [-0.1, -0.05) is 26.0 Å². The molecule has 0 aliphatic rings. The van der Waals surface area contributed by atoms with Crippen molar-refractivity contribution in [2.45, 2.75) is 46.1 Å². The minimum atomic E-state index is -0.114. The van der Waals surface area contributed by atoms with Gasteiger partial charge < -0.3 is 15.0 Å². The van der Waals surface area contributed by atoms with E-state index in [0.717, 1.165) is 22.8 Å². The number of benzene rings is 1. The fourth-order valence-electron chi connectivity index (χ4n) is 2.58. The summed E-state index contributed by atoms with van der Waals surface area (Å²) >= 11 is 0. The highest BCUT2D eigenvalue weighted by molar-refractivity contribution is 5.76. The number of imidazole rings is 1. The monoisotopic (exact) mass is 287 g/mol. The predicted octanol–water partition coefficient (Wildman–Crippen LogP) is 4.02. The van der Waals surface area contributed by atoms with Crippen LogP contribution in [0.3, 0.4) is 0 Å². The Kier molecular flexibility index (Phi) is 3.99. The summed E-state index contributed by atoms with van der Waals surface area (Å²) in [5, 5.41) is 0. The molecule has 1 aromatic carbocycles. The molecule has 2 N–H and O–H groups in total. The Morgan fingerprint density at radius 3 is 2.29 bits per heavy atom. The molecule has 0 saturated carbocycles. The number of ether oxygens (including phenoxy) is 1. The van der Waals surface area contributed by atoms with E-state index in [0.29, 0.717) is 11.7 Å². The largest absolute Gasteiger partial charge is 0.496 e. The van der Waals surface area contributed by atoms with E-state index in [1.54, 1.807) is 7.11 Å². The molecule has 2 rings (SSSR count). The molecular formula is C17H25N3O. The number of hydrogen-bond donors (Lipinski definition) is 1. The SMILES string of the molecule is COc1ccccc1-c1nc(C(C)C)n(C(C)(C)C)c1N. The van der Waals surface area contributed by atoms with Gasteiger partial charge in [0, 0.05) is 17.0 Å². The van der Waals surface area contributed by atoms with E-state index in [1.807, 2.05) is 24.3 Å². The third kappa shape index (κ3) is 2.75. The predicted molar refractivity (Wildman–Crippen MR) is 87.7 cm³/mol. The average Bonchev–Trinajstić information content (AvgIpc) is 2.76. The van der Waals surface area contributed by atoms with Gasteiger partial charge in [-0.05, 0) is 32.9 Å². The lowest BCUT2D eigenvalue weighted by Crippen LogP contribution is -2.26. The summed E-state index contributed by atoms with van der Waals surface area (Å²) in [5.41, 5.74) is 8.04. The Bertz CT molecular complexity index is 636. The highest BCUT2D eigenvalue weighted by atomic mass is 16.5. The second-order valence-corrected chi connectivity index (χ2v) is 6.57. The van der Waals surface area contributed by atoms with Crippen molar-refractivity contribution < 1.29 is 4.74 Å². The Morgan fingerprint density at radius 1 is 1.19 bits per heavy atom. The zero-order chi connectivity index (χ0) is 15.8. The first kappa shape index (κ1) is 15.4. The van der Waals surface area contributed by atoms with E-state index in [2.05, 4.69) is 39.2 Å². The third-order valence-electron chi connectivity index (χ3n) is 3.49. The highest BCUT2D eigenvalue weighted by Gasteiger charge is 2.26. The van der Waals surface area contributed by atoms with Crippen molar-refractivity contribution in [3.8, 4) is 17.0 Å². The fraction of sp³-hybridized carbons (Fsp3) is 0.471. The molecule has 0 bridgehead atoms. The number of hydrogen-bond acceptors (Lipinski definition) is 3. The summed E-state index contributed by atoms with van der Waals surface area (Å²) < 4.78 is 7.57. The molecular weight excluding hydrogens is 262 g/mol. The molecule has 4 heteroatoms. The van der Waals surface area contributed by atoms with E-state index >= 15 is 0 Å². The van der Waals surface area contributed by atoms with E-state index in [-0.39, 0.29) is 5.54 Å². The van der Waals surface area contributed by atoms with Gasteiger partial charge in [-0.15, -0.1) is 0 Å². The van der Waals surface area contributed by atoms with E-state index in [1.165, 1.54) is 0 Å². The van der Waals surface area contributed by atoms with Crippen molar-refractivity contribution in [1.82, 2.24) is 9.55 Å². The zero-order valence-electron chi connectivity index (χ0n) is 13.8. The van der Waals surface area contributed by atoms with Gasteiger partial charge in [0.25, 0.3) is 0 Å². The highest BCUT2D eigenvalue weighted by Crippen LogP contribution is 2.37. The number of para-hydroxylation sites is 1. The number of nitrogen functional groups attached to an aromatic ring is 1. The molecule has 0 fully saturated rings. The fourth-order valence-corrected chi connectivity index (χ4v) is 2.58. The molecule has 0 aliphatic carbocycles. The van der Waals surface area contributed by atoms with Crippen LogP contribution < -0.4 is 10.5 Å². The van der Waals surface area contributed by atoms with Gasteiger partial charge >= 0.3 is 0 Å².